The molecule has 0 aromatic carbocycles. The Kier molecular flexibility index (Phi) is 25.9. The van der Waals surface area contributed by atoms with Crippen LogP contribution in [0.1, 0.15) is 0 Å². The second-order valence-electron chi connectivity index (χ2n) is 10.9. The minimum absolute atomic E-state index is 1.01. The van der Waals surface area contributed by atoms with E-state index in [-0.39, 0.29) is 0 Å². The SMILES string of the molecule is Cl[C](Cl)C(Cl)(Cl)C(Cl)(Cl)C(Cl)(Cl)C(Cl)(Cl)C(Cl)(Cl)C(Cl)(Cl)C(Cl)(Cl)C(Cl)(Cl)C(Cl)(Cl)C(Cl)(Cl)C(Cl)(Cl)C(Cl)(Cl)C(Cl)(Cl)C(Cl)(Cl)C(Cl)(Cl)C(Cl)(Cl)C(Cl)(Cl)C(Cl)(Cl)[C](Cl)Cl. The van der Waals surface area contributed by atoms with Crippen LogP contribution in [0.25, 0.3) is 0 Å². The molecule has 0 aliphatic heterocycles. The van der Waals surface area contributed by atoms with Crippen LogP contribution in [-0.2, 0) is 0 Å². The van der Waals surface area contributed by atoms with Gasteiger partial charge in [0.2, 0.25) is 0 Å². The average molecular weight is 1660 g/mol. The third-order valence-corrected chi connectivity index (χ3v) is 35.7. The molecule has 0 heterocycles. The van der Waals surface area contributed by atoms with Gasteiger partial charge in [-0.3, -0.25) is 0 Å². The van der Waals surface area contributed by atoms with E-state index < -0.39 is 87.7 Å². The third kappa shape index (κ3) is 10.5. The van der Waals surface area contributed by atoms with E-state index in [0.717, 1.165) is 0 Å². The molecular formula is C20Cl40. The predicted octanol–water partition coefficient (Wildman–Crippen LogP) is 24.1. The van der Waals surface area contributed by atoms with Crippen LogP contribution in [0.2, 0.25) is 0 Å². The van der Waals surface area contributed by atoms with Crippen molar-refractivity contribution in [2.24, 2.45) is 0 Å². The van der Waals surface area contributed by atoms with Crippen molar-refractivity contribution in [3.8, 4) is 0 Å². The number of hydrogen-bond donors (Lipinski definition) is 0. The normalized spacial score (nSPS) is 17.3. The Bertz CT molecular complexity index is 1420. The minimum atomic E-state index is -3.75. The molecule has 0 bridgehead atoms. The van der Waals surface area contributed by atoms with Gasteiger partial charge in [0.15, 0.2) is 87.7 Å². The van der Waals surface area contributed by atoms with Gasteiger partial charge in [-0.2, -0.15) is 0 Å². The molecule has 0 atom stereocenters. The molecule has 0 aromatic rings. The first kappa shape index (κ1) is 71.6. The highest BCUT2D eigenvalue weighted by Crippen LogP contribution is 2.79. The lowest BCUT2D eigenvalue weighted by Crippen LogP contribution is -2.76. The summed E-state index contributed by atoms with van der Waals surface area (Å²) in [6.07, 6.45) is 0. The predicted molar refractivity (Wildman–Crippen MR) is 290 cm³/mol. The Morgan fingerprint density at radius 3 is 0.267 bits per heavy atom. The van der Waals surface area contributed by atoms with Gasteiger partial charge >= 0.3 is 0 Å². The standard InChI is InChI=1S/C20Cl40/c21-1(22)3(25,26)5(29,30)7(33,34)9(37,38)11(41,42)13(45,46)15(49,50)17(53,54)19(57,58)20(59,60)18(55,56)16(51,52)14(47,48)12(43,44)10(39,40)8(35,36)6(31,32)4(27,28)2(23)24. The molecule has 360 valence electrons. The van der Waals surface area contributed by atoms with E-state index in [0.29, 0.717) is 0 Å². The lowest BCUT2D eigenvalue weighted by atomic mass is 9.96. The summed E-state index contributed by atoms with van der Waals surface area (Å²) in [5, 5.41) is 0. The van der Waals surface area contributed by atoms with E-state index >= 15 is 0 Å². The van der Waals surface area contributed by atoms with Crippen molar-refractivity contribution in [3.05, 3.63) is 9.67 Å². The van der Waals surface area contributed by atoms with Gasteiger partial charge in [-0.25, -0.2) is 0 Å². The summed E-state index contributed by atoms with van der Waals surface area (Å²) in [6, 6.07) is 0. The molecule has 0 spiro atoms. The molecule has 0 nitrogen and oxygen atoms in total. The zero-order chi connectivity index (χ0) is 50.2. The Hall–Kier alpha value is 11.6. The molecule has 2 radical (unpaired) electrons. The summed E-state index contributed by atoms with van der Waals surface area (Å²) in [6.45, 7) is 0. The molecule has 0 rings (SSSR count). The molecular weight excluding hydrogens is 1660 g/mol. The molecule has 0 N–H and O–H groups in total. The van der Waals surface area contributed by atoms with Crippen LogP contribution in [0, 0.1) is 9.67 Å². The Morgan fingerprint density at radius 2 is 0.200 bits per heavy atom. The number of alkyl halides is 36. The zero-order valence-electron chi connectivity index (χ0n) is 25.1. The van der Waals surface area contributed by atoms with Gasteiger partial charge in [0.25, 0.3) is 0 Å². The van der Waals surface area contributed by atoms with Gasteiger partial charge < -0.3 is 0 Å². The zero-order valence-corrected chi connectivity index (χ0v) is 55.4. The van der Waals surface area contributed by atoms with Crippen LogP contribution < -0.4 is 0 Å². The maximum Gasteiger partial charge on any atom is 0.189 e. The van der Waals surface area contributed by atoms with E-state index in [9.17, 15) is 0 Å². The van der Waals surface area contributed by atoms with Crippen molar-refractivity contribution < 1.29 is 0 Å². The Balaban J connectivity index is 7.92. The van der Waals surface area contributed by atoms with Crippen LogP contribution in [-0.4, -0.2) is 78.0 Å². The lowest BCUT2D eigenvalue weighted by molar-refractivity contribution is 0.390. The van der Waals surface area contributed by atoms with Gasteiger partial charge in [-0.05, 0) is 0 Å². The van der Waals surface area contributed by atoms with Crippen molar-refractivity contribution in [2.75, 3.05) is 0 Å². The minimum Gasteiger partial charge on any atom is -0.0946 e. The van der Waals surface area contributed by atoms with Crippen molar-refractivity contribution in [2.45, 2.75) is 78.0 Å². The molecule has 0 aromatic heterocycles. The van der Waals surface area contributed by atoms with Crippen molar-refractivity contribution >= 4 is 464 Å². The summed E-state index contributed by atoms with van der Waals surface area (Å²) in [5.41, 5.74) is 0. The molecule has 0 unspecified atom stereocenters. The summed E-state index contributed by atoms with van der Waals surface area (Å²) in [7, 11) is 0. The third-order valence-electron chi connectivity index (χ3n) is 7.18. The van der Waals surface area contributed by atoms with Crippen molar-refractivity contribution in [3.63, 3.8) is 0 Å². The summed E-state index contributed by atoms with van der Waals surface area (Å²) in [5.74, 6) is 0. The smallest absolute Gasteiger partial charge is 0.0946 e. The van der Waals surface area contributed by atoms with Crippen LogP contribution >= 0.6 is 464 Å². The highest BCUT2D eigenvalue weighted by Gasteiger charge is 2.88. The van der Waals surface area contributed by atoms with Gasteiger partial charge in [0, 0.05) is 0 Å². The number of hydrogen-bond acceptors (Lipinski definition) is 0. The lowest BCUT2D eigenvalue weighted by Gasteiger charge is -2.59. The fourth-order valence-corrected chi connectivity index (χ4v) is 16.9. The molecule has 0 fully saturated rings. The number of halogens is 40. The molecule has 0 saturated heterocycles. The molecule has 0 aliphatic rings. The van der Waals surface area contributed by atoms with E-state index in [1.807, 2.05) is 0 Å². The monoisotopic (exact) mass is 1640 g/mol. The fraction of sp³-hybridized carbons (Fsp3) is 0.900. The van der Waals surface area contributed by atoms with Gasteiger partial charge in [-0.1, -0.05) is 464 Å². The van der Waals surface area contributed by atoms with E-state index in [4.69, 9.17) is 464 Å². The fourth-order valence-electron chi connectivity index (χ4n) is 3.39. The van der Waals surface area contributed by atoms with Gasteiger partial charge in [0.1, 0.15) is 0 Å². The van der Waals surface area contributed by atoms with Crippen molar-refractivity contribution in [1.29, 1.82) is 0 Å². The molecule has 0 saturated carbocycles. The van der Waals surface area contributed by atoms with Crippen LogP contribution in [0.15, 0.2) is 0 Å². The second kappa shape index (κ2) is 21.7. The van der Waals surface area contributed by atoms with Crippen LogP contribution in [0.5, 0.6) is 0 Å². The Morgan fingerprint density at radius 1 is 0.133 bits per heavy atom. The second-order valence-corrected chi connectivity index (χ2v) is 36.7. The van der Waals surface area contributed by atoms with Crippen molar-refractivity contribution in [1.82, 2.24) is 0 Å². The topological polar surface area (TPSA) is 0 Å². The summed E-state index contributed by atoms with van der Waals surface area (Å²) in [4.78, 5) is -2.02. The largest absolute Gasteiger partial charge is 0.189 e. The van der Waals surface area contributed by atoms with Crippen LogP contribution in [0.3, 0.4) is 0 Å². The molecule has 40 heteroatoms. The van der Waals surface area contributed by atoms with Crippen LogP contribution in [0.4, 0.5) is 0 Å². The first-order valence-corrected chi connectivity index (χ1v) is 27.4. The maximum atomic E-state index is 6.60. The average Bonchev–Trinajstić information content (AvgIpc) is 3.02. The molecule has 0 amide bonds. The van der Waals surface area contributed by atoms with Gasteiger partial charge in [-0.15, -0.1) is 0 Å². The van der Waals surface area contributed by atoms with E-state index in [2.05, 4.69) is 0 Å². The van der Waals surface area contributed by atoms with Gasteiger partial charge in [0.05, 0.1) is 0 Å². The number of rotatable bonds is 19. The highest BCUT2D eigenvalue weighted by atomic mass is 35.6. The first-order chi connectivity index (χ1) is 25.1. The van der Waals surface area contributed by atoms with E-state index in [1.165, 1.54) is 0 Å². The molecule has 0 aliphatic carbocycles. The molecule has 60 heavy (non-hydrogen) atoms. The maximum absolute atomic E-state index is 6.60. The van der Waals surface area contributed by atoms with E-state index in [1.54, 1.807) is 0 Å². The summed E-state index contributed by atoms with van der Waals surface area (Å²) < 4.78 is -62.9. The first-order valence-electron chi connectivity index (χ1n) is 12.3. The Labute approximate surface area is 542 Å². The summed E-state index contributed by atoms with van der Waals surface area (Å²) >= 11 is 255. The quantitative estimate of drug-likeness (QED) is 0.113. The highest BCUT2D eigenvalue weighted by molar-refractivity contribution is 6.86.